The molecule has 0 spiro atoms. The lowest BCUT2D eigenvalue weighted by atomic mass is 10.2. The maximum atomic E-state index is 12.0. The molecule has 1 amide bonds. The molecule has 23 heavy (non-hydrogen) atoms. The molecule has 0 aromatic carbocycles. The Balaban J connectivity index is 1.96. The van der Waals surface area contributed by atoms with Gasteiger partial charge in [0.25, 0.3) is 5.91 Å². The summed E-state index contributed by atoms with van der Waals surface area (Å²) in [6, 6.07) is 4.93. The number of rotatable bonds is 8. The topological polar surface area (TPSA) is 94.3 Å². The fourth-order valence-corrected chi connectivity index (χ4v) is 1.82. The number of nitrogens with one attached hydrogen (secondary N) is 1. The Hall–Kier alpha value is -2.70. The van der Waals surface area contributed by atoms with Crippen molar-refractivity contribution in [1.29, 1.82) is 0 Å². The van der Waals surface area contributed by atoms with Crippen LogP contribution in [0.4, 0.5) is 0 Å². The van der Waals surface area contributed by atoms with Crippen LogP contribution in [0.1, 0.15) is 53.3 Å². The molecule has 0 saturated heterocycles. The van der Waals surface area contributed by atoms with Crippen LogP contribution in [-0.2, 0) is 6.54 Å². The number of hydrogen-bond donors (Lipinski definition) is 1. The Labute approximate surface area is 134 Å². The van der Waals surface area contributed by atoms with Crippen molar-refractivity contribution in [3.05, 3.63) is 41.4 Å². The molecule has 0 saturated carbocycles. The van der Waals surface area contributed by atoms with E-state index in [0.29, 0.717) is 12.5 Å². The van der Waals surface area contributed by atoms with Crippen molar-refractivity contribution >= 4 is 11.7 Å². The zero-order chi connectivity index (χ0) is 16.7. The molecule has 2 rings (SSSR count). The number of carbonyl (C=O) groups is 2. The van der Waals surface area contributed by atoms with Crippen molar-refractivity contribution in [2.45, 2.75) is 33.2 Å². The highest BCUT2D eigenvalue weighted by molar-refractivity contribution is 5.96. The summed E-state index contributed by atoms with van der Waals surface area (Å²) >= 11 is 0. The Bertz CT molecular complexity index is 681. The Morgan fingerprint density at radius 3 is 2.91 bits per heavy atom. The van der Waals surface area contributed by atoms with Crippen molar-refractivity contribution < 1.29 is 18.8 Å². The summed E-state index contributed by atoms with van der Waals surface area (Å²) in [6.45, 7) is 4.25. The summed E-state index contributed by atoms with van der Waals surface area (Å²) in [4.78, 5) is 27.3. The Kier molecular flexibility index (Phi) is 5.85. The lowest BCUT2D eigenvalue weighted by Gasteiger charge is -2.10. The zero-order valence-electron chi connectivity index (χ0n) is 13.2. The van der Waals surface area contributed by atoms with Crippen molar-refractivity contribution in [2.24, 2.45) is 0 Å². The second-order valence-corrected chi connectivity index (χ2v) is 4.98. The average Bonchev–Trinajstić information content (AvgIpc) is 3.04. The van der Waals surface area contributed by atoms with Crippen LogP contribution in [0.5, 0.6) is 5.88 Å². The van der Waals surface area contributed by atoms with Gasteiger partial charge in [0.1, 0.15) is 0 Å². The summed E-state index contributed by atoms with van der Waals surface area (Å²) in [5.41, 5.74) is 0.833. The van der Waals surface area contributed by atoms with Crippen LogP contribution in [0.3, 0.4) is 0 Å². The van der Waals surface area contributed by atoms with E-state index in [9.17, 15) is 9.59 Å². The van der Waals surface area contributed by atoms with Crippen LogP contribution in [0.25, 0.3) is 0 Å². The highest BCUT2D eigenvalue weighted by atomic mass is 16.5. The quantitative estimate of drug-likeness (QED) is 0.593. The number of ether oxygens (including phenoxy) is 1. The summed E-state index contributed by atoms with van der Waals surface area (Å²) < 4.78 is 10.4. The number of Topliss-reactive ketones (excluding diaryl/α,β-unsaturated/α-hetero) is 1. The number of ketones is 1. The molecule has 0 unspecified atom stereocenters. The fraction of sp³-hybridized carbons (Fsp3) is 0.375. The number of nitrogens with zero attached hydrogens (tertiary/aromatic N) is 2. The number of aromatic nitrogens is 2. The first-order valence-electron chi connectivity index (χ1n) is 7.44. The van der Waals surface area contributed by atoms with Gasteiger partial charge in [0.05, 0.1) is 6.61 Å². The number of unbranched alkanes of at least 4 members (excludes halogenated alkanes) is 1. The number of hydrogen-bond acceptors (Lipinski definition) is 6. The first kappa shape index (κ1) is 16.7. The first-order valence-corrected chi connectivity index (χ1v) is 7.44. The van der Waals surface area contributed by atoms with Crippen LogP contribution >= 0.6 is 0 Å². The molecule has 122 valence electrons. The van der Waals surface area contributed by atoms with Crippen LogP contribution in [0, 0.1) is 0 Å². The predicted octanol–water partition coefficient (Wildman–Crippen LogP) is 2.38. The summed E-state index contributed by atoms with van der Waals surface area (Å²) in [6.07, 6.45) is 3.61. The molecule has 0 aliphatic rings. The largest absolute Gasteiger partial charge is 0.477 e. The molecule has 2 heterocycles. The maximum absolute atomic E-state index is 12.0. The van der Waals surface area contributed by atoms with Crippen LogP contribution < -0.4 is 10.1 Å². The van der Waals surface area contributed by atoms with E-state index in [2.05, 4.69) is 22.4 Å². The summed E-state index contributed by atoms with van der Waals surface area (Å²) in [5, 5.41) is 6.28. The van der Waals surface area contributed by atoms with Gasteiger partial charge >= 0.3 is 0 Å². The van der Waals surface area contributed by atoms with Crippen molar-refractivity contribution in [3.8, 4) is 5.88 Å². The Morgan fingerprint density at radius 1 is 1.39 bits per heavy atom. The SMILES string of the molecule is CCCCOc1ncccc1CNC(=O)c1cc(C(C)=O)on1. The molecule has 0 bridgehead atoms. The molecule has 0 fully saturated rings. The molecule has 2 aromatic heterocycles. The highest BCUT2D eigenvalue weighted by Crippen LogP contribution is 2.15. The molecule has 0 atom stereocenters. The van der Waals surface area contributed by atoms with E-state index < -0.39 is 5.91 Å². The predicted molar refractivity (Wildman–Crippen MR) is 82.3 cm³/mol. The molecule has 0 radical (unpaired) electrons. The molecule has 1 N–H and O–H groups in total. The second-order valence-electron chi connectivity index (χ2n) is 4.98. The standard InChI is InChI=1S/C16H19N3O4/c1-3-4-8-22-16-12(6-5-7-17-16)10-18-15(21)13-9-14(11(2)20)23-19-13/h5-7,9H,3-4,8,10H2,1-2H3,(H,18,21). The van der Waals surface area contributed by atoms with Crippen molar-refractivity contribution in [2.75, 3.05) is 6.61 Å². The molecule has 7 nitrogen and oxygen atoms in total. The normalized spacial score (nSPS) is 10.3. The van der Waals surface area contributed by atoms with E-state index in [-0.39, 0.29) is 23.8 Å². The second kappa shape index (κ2) is 8.07. The van der Waals surface area contributed by atoms with E-state index in [1.165, 1.54) is 13.0 Å². The van der Waals surface area contributed by atoms with Gasteiger partial charge in [-0.05, 0) is 12.5 Å². The van der Waals surface area contributed by atoms with Gasteiger partial charge in [-0.25, -0.2) is 4.98 Å². The van der Waals surface area contributed by atoms with Gasteiger partial charge in [-0.3, -0.25) is 9.59 Å². The average molecular weight is 317 g/mol. The minimum atomic E-state index is -0.426. The van der Waals surface area contributed by atoms with E-state index in [1.807, 2.05) is 6.07 Å². The van der Waals surface area contributed by atoms with Crippen LogP contribution in [0.15, 0.2) is 28.9 Å². The molecular formula is C16H19N3O4. The van der Waals surface area contributed by atoms with Gasteiger partial charge in [-0.15, -0.1) is 0 Å². The highest BCUT2D eigenvalue weighted by Gasteiger charge is 2.15. The van der Waals surface area contributed by atoms with Gasteiger partial charge in [0.2, 0.25) is 11.6 Å². The third-order valence-electron chi connectivity index (χ3n) is 3.12. The van der Waals surface area contributed by atoms with Gasteiger partial charge in [0.15, 0.2) is 11.5 Å². The summed E-state index contributed by atoms with van der Waals surface area (Å²) in [7, 11) is 0. The van der Waals surface area contributed by atoms with Crippen LogP contribution in [0.2, 0.25) is 0 Å². The van der Waals surface area contributed by atoms with Gasteiger partial charge < -0.3 is 14.6 Å². The number of amides is 1. The maximum Gasteiger partial charge on any atom is 0.273 e. The monoisotopic (exact) mass is 317 g/mol. The number of carbonyl (C=O) groups excluding carboxylic acids is 2. The molecule has 2 aromatic rings. The number of pyridine rings is 1. The molecular weight excluding hydrogens is 298 g/mol. The smallest absolute Gasteiger partial charge is 0.273 e. The third-order valence-corrected chi connectivity index (χ3v) is 3.12. The minimum absolute atomic E-state index is 0.0557. The summed E-state index contributed by atoms with van der Waals surface area (Å²) in [5.74, 6) is -0.147. The van der Waals surface area contributed by atoms with Crippen LogP contribution in [-0.4, -0.2) is 28.4 Å². The van der Waals surface area contributed by atoms with Gasteiger partial charge in [-0.1, -0.05) is 24.6 Å². The Morgan fingerprint density at radius 2 is 2.22 bits per heavy atom. The van der Waals surface area contributed by atoms with E-state index in [0.717, 1.165) is 18.4 Å². The van der Waals surface area contributed by atoms with E-state index in [4.69, 9.17) is 9.26 Å². The van der Waals surface area contributed by atoms with Crippen molar-refractivity contribution in [1.82, 2.24) is 15.5 Å². The molecule has 7 heteroatoms. The van der Waals surface area contributed by atoms with E-state index in [1.54, 1.807) is 12.3 Å². The fourth-order valence-electron chi connectivity index (χ4n) is 1.82. The lowest BCUT2D eigenvalue weighted by Crippen LogP contribution is -2.23. The van der Waals surface area contributed by atoms with E-state index >= 15 is 0 Å². The minimum Gasteiger partial charge on any atom is -0.477 e. The van der Waals surface area contributed by atoms with Gasteiger partial charge in [-0.2, -0.15) is 0 Å². The third kappa shape index (κ3) is 4.64. The zero-order valence-corrected chi connectivity index (χ0v) is 13.2. The van der Waals surface area contributed by atoms with Gasteiger partial charge in [0, 0.05) is 31.3 Å². The molecule has 0 aliphatic carbocycles. The van der Waals surface area contributed by atoms with Crippen molar-refractivity contribution in [3.63, 3.8) is 0 Å². The lowest BCUT2D eigenvalue weighted by molar-refractivity contribution is 0.0935. The first-order chi connectivity index (χ1) is 11.1. The molecule has 0 aliphatic heterocycles.